The van der Waals surface area contributed by atoms with Gasteiger partial charge in [0, 0.05) is 20.2 Å². The molecule has 92 valence electrons. The molecular formula is C9H16N2O3S2. The number of methoxy groups -OCH3 is 1. The van der Waals surface area contributed by atoms with Crippen molar-refractivity contribution >= 4 is 21.4 Å². The highest BCUT2D eigenvalue weighted by atomic mass is 32.2. The van der Waals surface area contributed by atoms with E-state index in [1.165, 1.54) is 18.4 Å². The first-order valence-corrected chi connectivity index (χ1v) is 7.16. The molecule has 0 amide bonds. The van der Waals surface area contributed by atoms with Crippen LogP contribution in [0.25, 0.3) is 0 Å². The smallest absolute Gasteiger partial charge is 0.250 e. The van der Waals surface area contributed by atoms with Crippen LogP contribution in [0.3, 0.4) is 0 Å². The molecule has 0 saturated heterocycles. The van der Waals surface area contributed by atoms with Crippen LogP contribution in [0.5, 0.6) is 0 Å². The Morgan fingerprint density at radius 3 is 2.81 bits per heavy atom. The molecule has 0 saturated carbocycles. The first-order valence-electron chi connectivity index (χ1n) is 4.79. The van der Waals surface area contributed by atoms with Crippen molar-refractivity contribution in [2.24, 2.45) is 5.73 Å². The van der Waals surface area contributed by atoms with Gasteiger partial charge in [-0.3, -0.25) is 0 Å². The summed E-state index contributed by atoms with van der Waals surface area (Å²) in [7, 11) is -1.88. The van der Waals surface area contributed by atoms with E-state index in [2.05, 4.69) is 4.72 Å². The maximum atomic E-state index is 11.8. The second-order valence-electron chi connectivity index (χ2n) is 3.38. The van der Waals surface area contributed by atoms with E-state index in [1.54, 1.807) is 18.4 Å². The summed E-state index contributed by atoms with van der Waals surface area (Å²) in [6, 6.07) is 1.59. The first kappa shape index (κ1) is 13.6. The lowest BCUT2D eigenvalue weighted by molar-refractivity contribution is 0.122. The van der Waals surface area contributed by atoms with Gasteiger partial charge in [0.05, 0.1) is 6.10 Å². The van der Waals surface area contributed by atoms with Crippen LogP contribution in [0.15, 0.2) is 15.7 Å². The van der Waals surface area contributed by atoms with Gasteiger partial charge in [0.15, 0.2) is 0 Å². The number of hydrogen-bond acceptors (Lipinski definition) is 5. The van der Waals surface area contributed by atoms with E-state index in [4.69, 9.17) is 10.5 Å². The Morgan fingerprint density at radius 2 is 2.31 bits per heavy atom. The average molecular weight is 264 g/mol. The van der Waals surface area contributed by atoms with E-state index >= 15 is 0 Å². The molecule has 0 aliphatic carbocycles. The molecule has 0 spiro atoms. The van der Waals surface area contributed by atoms with Gasteiger partial charge in [0.2, 0.25) is 10.0 Å². The molecule has 1 aromatic rings. The molecule has 1 aromatic heterocycles. The molecule has 1 atom stereocenters. The van der Waals surface area contributed by atoms with E-state index in [0.29, 0.717) is 6.54 Å². The molecule has 0 aliphatic rings. The Hall–Kier alpha value is -0.470. The molecule has 0 aromatic carbocycles. The van der Waals surface area contributed by atoms with E-state index in [0.717, 1.165) is 5.56 Å². The van der Waals surface area contributed by atoms with Crippen molar-refractivity contribution in [1.82, 2.24) is 4.72 Å². The monoisotopic (exact) mass is 264 g/mol. The van der Waals surface area contributed by atoms with Gasteiger partial charge in [-0.2, -0.15) is 0 Å². The second-order valence-corrected chi connectivity index (χ2v) is 6.28. The van der Waals surface area contributed by atoms with Crippen molar-refractivity contribution in [1.29, 1.82) is 0 Å². The van der Waals surface area contributed by atoms with E-state index < -0.39 is 10.0 Å². The Morgan fingerprint density at radius 1 is 1.62 bits per heavy atom. The molecule has 7 heteroatoms. The van der Waals surface area contributed by atoms with Crippen LogP contribution in [0.1, 0.15) is 12.5 Å². The maximum absolute atomic E-state index is 11.8. The highest BCUT2D eigenvalue weighted by Gasteiger charge is 2.17. The van der Waals surface area contributed by atoms with Gasteiger partial charge in [0.25, 0.3) is 0 Å². The van der Waals surface area contributed by atoms with Crippen molar-refractivity contribution in [3.8, 4) is 0 Å². The zero-order valence-electron chi connectivity index (χ0n) is 9.26. The number of nitrogens with one attached hydrogen (secondary N) is 1. The van der Waals surface area contributed by atoms with Gasteiger partial charge >= 0.3 is 0 Å². The van der Waals surface area contributed by atoms with Gasteiger partial charge < -0.3 is 10.5 Å². The largest absolute Gasteiger partial charge is 0.380 e. The molecule has 1 unspecified atom stereocenters. The van der Waals surface area contributed by atoms with Gasteiger partial charge in [-0.1, -0.05) is 0 Å². The summed E-state index contributed by atoms with van der Waals surface area (Å²) < 4.78 is 31.3. The maximum Gasteiger partial charge on any atom is 0.250 e. The molecule has 0 radical (unpaired) electrons. The topological polar surface area (TPSA) is 81.4 Å². The number of nitrogens with two attached hydrogens (primary N) is 1. The molecule has 0 aliphatic heterocycles. The van der Waals surface area contributed by atoms with E-state index in [-0.39, 0.29) is 16.9 Å². The fraction of sp³-hybridized carbons (Fsp3) is 0.556. The molecule has 3 N–H and O–H groups in total. The van der Waals surface area contributed by atoms with Gasteiger partial charge in [0.1, 0.15) is 4.21 Å². The highest BCUT2D eigenvalue weighted by molar-refractivity contribution is 7.91. The van der Waals surface area contributed by atoms with Crippen LogP contribution in [0, 0.1) is 0 Å². The lowest BCUT2D eigenvalue weighted by atomic mass is 10.4. The SMILES string of the molecule is COC(C)CNS(=O)(=O)c1cc(CN)cs1. The van der Waals surface area contributed by atoms with Crippen LogP contribution >= 0.6 is 11.3 Å². The third-order valence-corrected chi connectivity index (χ3v) is 5.01. The standard InChI is InChI=1S/C9H16N2O3S2/c1-7(14-2)5-11-16(12,13)9-3-8(4-10)6-15-9/h3,6-7,11H,4-5,10H2,1-2H3. The number of sulfonamides is 1. The Balaban J connectivity index is 2.70. The van der Waals surface area contributed by atoms with Crippen LogP contribution in [0.4, 0.5) is 0 Å². The van der Waals surface area contributed by atoms with Crippen molar-refractivity contribution in [3.05, 3.63) is 17.0 Å². The van der Waals surface area contributed by atoms with E-state index in [1.807, 2.05) is 0 Å². The van der Waals surface area contributed by atoms with E-state index in [9.17, 15) is 8.42 Å². The van der Waals surface area contributed by atoms with Crippen LogP contribution in [-0.2, 0) is 21.3 Å². The summed E-state index contributed by atoms with van der Waals surface area (Å²) >= 11 is 1.17. The predicted molar refractivity (Wildman–Crippen MR) is 63.9 cm³/mol. The molecule has 1 heterocycles. The molecule has 5 nitrogen and oxygen atoms in total. The summed E-state index contributed by atoms with van der Waals surface area (Å²) in [5, 5.41) is 1.74. The lowest BCUT2D eigenvalue weighted by Gasteiger charge is -2.10. The van der Waals surface area contributed by atoms with Gasteiger partial charge in [-0.15, -0.1) is 11.3 Å². The second kappa shape index (κ2) is 5.74. The average Bonchev–Trinajstić information content (AvgIpc) is 2.75. The zero-order valence-corrected chi connectivity index (χ0v) is 10.9. The zero-order chi connectivity index (χ0) is 12.2. The van der Waals surface area contributed by atoms with Crippen molar-refractivity contribution in [3.63, 3.8) is 0 Å². The Kier molecular flexibility index (Phi) is 4.88. The fourth-order valence-corrected chi connectivity index (χ4v) is 3.36. The quantitative estimate of drug-likeness (QED) is 0.785. The predicted octanol–water partition coefficient (Wildman–Crippen LogP) is 0.520. The number of thiophene rings is 1. The summed E-state index contributed by atoms with van der Waals surface area (Å²) in [4.78, 5) is 0. The third-order valence-electron chi connectivity index (χ3n) is 2.09. The van der Waals surface area contributed by atoms with Crippen LogP contribution < -0.4 is 10.5 Å². The Bertz CT molecular complexity index is 428. The van der Waals surface area contributed by atoms with Crippen molar-refractivity contribution in [2.75, 3.05) is 13.7 Å². The minimum absolute atomic E-state index is 0.149. The number of ether oxygens (including phenoxy) is 1. The fourth-order valence-electron chi connectivity index (χ4n) is 0.983. The third kappa shape index (κ3) is 3.53. The molecule has 16 heavy (non-hydrogen) atoms. The van der Waals surface area contributed by atoms with Crippen molar-refractivity contribution < 1.29 is 13.2 Å². The Labute approximate surface area is 99.7 Å². The summed E-state index contributed by atoms with van der Waals surface area (Å²) in [5.41, 5.74) is 6.25. The minimum atomic E-state index is -3.42. The normalized spacial score (nSPS) is 13.9. The van der Waals surface area contributed by atoms with Gasteiger partial charge in [-0.25, -0.2) is 13.1 Å². The summed E-state index contributed by atoms with van der Waals surface area (Å²) in [5.74, 6) is 0. The van der Waals surface area contributed by atoms with Crippen molar-refractivity contribution in [2.45, 2.75) is 23.8 Å². The molecule has 0 fully saturated rings. The summed E-state index contributed by atoms with van der Waals surface area (Å²) in [6.45, 7) is 2.40. The lowest BCUT2D eigenvalue weighted by Crippen LogP contribution is -2.31. The summed E-state index contributed by atoms with van der Waals surface area (Å²) in [6.07, 6.45) is -0.149. The van der Waals surface area contributed by atoms with Crippen LogP contribution in [0.2, 0.25) is 0 Å². The minimum Gasteiger partial charge on any atom is -0.380 e. The highest BCUT2D eigenvalue weighted by Crippen LogP contribution is 2.19. The first-order chi connectivity index (χ1) is 7.49. The molecular weight excluding hydrogens is 248 g/mol. The van der Waals surface area contributed by atoms with Crippen LogP contribution in [-0.4, -0.2) is 28.2 Å². The molecule has 1 rings (SSSR count). The number of hydrogen-bond donors (Lipinski definition) is 2. The number of rotatable bonds is 6. The molecule has 0 bridgehead atoms. The van der Waals surface area contributed by atoms with Gasteiger partial charge in [-0.05, 0) is 23.9 Å².